The molecular weight excluding hydrogens is 460 g/mol. The third-order valence-corrected chi connectivity index (χ3v) is 21.1. The topological polar surface area (TPSA) is 0 Å². The predicted octanol–water partition coefficient (Wildman–Crippen LogP) is 6.87. The fourth-order valence-corrected chi connectivity index (χ4v) is 24.5. The standard InChI is InChI=1S/C30H22Si.2CH3.Ti/c1-3-15-27(16-4-1)31(28-17-5-2-6-18-28,29-19-23-11-7-8-12-24(23)20-29)30-21-25-13-9-10-14-26(25)22-30;;;/h1-22H;2*1H3;. The molecule has 0 amide bonds. The van der Waals surface area contributed by atoms with Gasteiger partial charge in [-0.25, -0.2) is 0 Å². The van der Waals surface area contributed by atoms with Crippen LogP contribution < -0.4 is 10.4 Å². The summed E-state index contributed by atoms with van der Waals surface area (Å²) in [6, 6.07) is 41.6. The van der Waals surface area contributed by atoms with Crippen molar-refractivity contribution in [1.29, 1.82) is 0 Å². The molecule has 3 aliphatic rings. The van der Waals surface area contributed by atoms with E-state index in [0.717, 1.165) is 0 Å². The fourth-order valence-electron chi connectivity index (χ4n) is 7.44. The number of hydrogen-bond acceptors (Lipinski definition) is 0. The summed E-state index contributed by atoms with van der Waals surface area (Å²) in [5.41, 5.74) is 6.10. The van der Waals surface area contributed by atoms with Crippen molar-refractivity contribution in [3.8, 4) is 0 Å². The Balaban J connectivity index is 1.65. The minimum atomic E-state index is -2.47. The van der Waals surface area contributed by atoms with Crippen LogP contribution in [0.1, 0.15) is 30.7 Å². The van der Waals surface area contributed by atoms with E-state index in [2.05, 4.69) is 132 Å². The number of fused-ring (bicyclic) bond motifs is 6. The Bertz CT molecular complexity index is 1370. The van der Waals surface area contributed by atoms with E-state index in [1.54, 1.807) is 21.5 Å². The Morgan fingerprint density at radius 2 is 0.882 bits per heavy atom. The van der Waals surface area contributed by atoms with Gasteiger partial charge in [0.25, 0.3) is 0 Å². The number of benzene rings is 4. The van der Waals surface area contributed by atoms with Crippen LogP contribution in [0, 0.1) is 0 Å². The Morgan fingerprint density at radius 1 is 0.500 bits per heavy atom. The van der Waals surface area contributed by atoms with Crippen molar-refractivity contribution < 1.29 is 16.6 Å². The number of rotatable bonds is 2. The van der Waals surface area contributed by atoms with Crippen LogP contribution in [0.15, 0.2) is 120 Å². The van der Waals surface area contributed by atoms with E-state index in [1.165, 1.54) is 21.5 Å². The zero-order valence-corrected chi connectivity index (χ0v) is 22.3. The van der Waals surface area contributed by atoms with E-state index < -0.39 is 24.7 Å². The van der Waals surface area contributed by atoms with Gasteiger partial charge in [-0.3, -0.25) is 0 Å². The Labute approximate surface area is 207 Å². The first-order chi connectivity index (χ1) is 16.6. The molecule has 0 saturated carbocycles. The molecule has 2 heteroatoms. The molecule has 0 nitrogen and oxygen atoms in total. The summed E-state index contributed by atoms with van der Waals surface area (Å²) in [7, 11) is -2.41. The van der Waals surface area contributed by atoms with Gasteiger partial charge >= 0.3 is 208 Å². The quantitative estimate of drug-likeness (QED) is 0.270. The van der Waals surface area contributed by atoms with E-state index in [-0.39, 0.29) is 0 Å². The van der Waals surface area contributed by atoms with Crippen molar-refractivity contribution in [2.45, 2.75) is 18.9 Å². The fraction of sp³-hybridized carbons (Fsp3) is 0.125. The summed E-state index contributed by atoms with van der Waals surface area (Å²) in [5.74, 6) is 0. The van der Waals surface area contributed by atoms with Gasteiger partial charge in [-0.2, -0.15) is 0 Å². The summed E-state index contributed by atoms with van der Waals surface area (Å²) < 4.78 is 1.19. The molecule has 34 heavy (non-hydrogen) atoms. The van der Waals surface area contributed by atoms with Gasteiger partial charge in [0.15, 0.2) is 0 Å². The van der Waals surface area contributed by atoms with Crippen molar-refractivity contribution in [3.63, 3.8) is 0 Å². The third-order valence-electron chi connectivity index (χ3n) is 8.63. The summed E-state index contributed by atoms with van der Waals surface area (Å²) in [4.78, 5) is 0. The van der Waals surface area contributed by atoms with Gasteiger partial charge in [0, 0.05) is 0 Å². The van der Waals surface area contributed by atoms with Gasteiger partial charge in [0.2, 0.25) is 0 Å². The van der Waals surface area contributed by atoms with Gasteiger partial charge in [0.1, 0.15) is 0 Å². The SMILES string of the molecule is [CH3][Ti]1([CH3])[CH]2C(=Cc3ccccc32)[Si](c2ccccc2)(c2ccccc2)C2=Cc3ccccc3[CH]21. The molecule has 4 aromatic rings. The van der Waals surface area contributed by atoms with Crippen molar-refractivity contribution in [1.82, 2.24) is 0 Å². The second kappa shape index (κ2) is 7.39. The van der Waals surface area contributed by atoms with Gasteiger partial charge < -0.3 is 0 Å². The number of hydrogen-bond donors (Lipinski definition) is 0. The molecule has 1 fully saturated rings. The van der Waals surface area contributed by atoms with Crippen molar-refractivity contribution in [3.05, 3.63) is 142 Å². The average molecular weight is 489 g/mol. The van der Waals surface area contributed by atoms with E-state index in [4.69, 9.17) is 0 Å². The maximum atomic E-state index is 2.70. The van der Waals surface area contributed by atoms with Crippen LogP contribution in [-0.4, -0.2) is 8.07 Å². The van der Waals surface area contributed by atoms with Crippen LogP contribution in [0.4, 0.5) is 0 Å². The van der Waals surface area contributed by atoms with Gasteiger partial charge in [-0.05, 0) is 0 Å². The van der Waals surface area contributed by atoms with Crippen LogP contribution in [0.5, 0.6) is 0 Å². The Morgan fingerprint density at radius 3 is 1.32 bits per heavy atom. The molecule has 2 atom stereocenters. The molecule has 2 aliphatic carbocycles. The summed E-state index contributed by atoms with van der Waals surface area (Å²) in [6.45, 7) is 0. The van der Waals surface area contributed by atoms with Crippen LogP contribution >= 0.6 is 0 Å². The molecule has 164 valence electrons. The minimum absolute atomic E-state index is 0.594. The molecule has 7 rings (SSSR count). The molecule has 1 heterocycles. The molecule has 0 N–H and O–H groups in total. The molecule has 0 spiro atoms. The first kappa shape index (κ1) is 20.6. The second-order valence-electron chi connectivity index (χ2n) is 10.6. The summed E-state index contributed by atoms with van der Waals surface area (Å²) in [6.07, 6.45) is 5.25. The average Bonchev–Trinajstić information content (AvgIpc) is 3.46. The summed E-state index contributed by atoms with van der Waals surface area (Å²) in [5, 5.41) is 12.0. The normalized spacial score (nSPS) is 22.6. The van der Waals surface area contributed by atoms with Crippen molar-refractivity contribution in [2.75, 3.05) is 0 Å². The molecule has 4 aromatic carbocycles. The van der Waals surface area contributed by atoms with Crippen molar-refractivity contribution >= 4 is 30.6 Å². The molecular formula is C32H28SiTi. The van der Waals surface area contributed by atoms with Crippen LogP contribution in [0.25, 0.3) is 12.2 Å². The second-order valence-corrected chi connectivity index (χ2v) is 21.9. The first-order valence-electron chi connectivity index (χ1n) is 12.4. The van der Waals surface area contributed by atoms with Crippen LogP contribution in [0.2, 0.25) is 10.5 Å². The van der Waals surface area contributed by atoms with E-state index in [0.29, 0.717) is 8.45 Å². The first-order valence-corrected chi connectivity index (χ1v) is 19.3. The molecule has 1 aliphatic heterocycles. The van der Waals surface area contributed by atoms with E-state index in [9.17, 15) is 0 Å². The molecule has 0 radical (unpaired) electrons. The maximum absolute atomic E-state index is 2.70. The Kier molecular flexibility index (Phi) is 4.49. The molecule has 1 saturated heterocycles. The number of allylic oxidation sites excluding steroid dienone is 2. The van der Waals surface area contributed by atoms with E-state index >= 15 is 0 Å². The van der Waals surface area contributed by atoms with Gasteiger partial charge in [-0.1, -0.05) is 0 Å². The van der Waals surface area contributed by atoms with Gasteiger partial charge in [0.05, 0.1) is 0 Å². The van der Waals surface area contributed by atoms with Crippen molar-refractivity contribution in [2.24, 2.45) is 0 Å². The third kappa shape index (κ3) is 2.58. The zero-order chi connectivity index (χ0) is 22.9. The van der Waals surface area contributed by atoms with Crippen LogP contribution in [-0.2, 0) is 16.6 Å². The zero-order valence-electron chi connectivity index (χ0n) is 19.7. The van der Waals surface area contributed by atoms with E-state index in [1.807, 2.05) is 0 Å². The monoisotopic (exact) mass is 488 g/mol. The molecule has 0 aromatic heterocycles. The molecule has 0 bridgehead atoms. The van der Waals surface area contributed by atoms with Crippen LogP contribution in [0.3, 0.4) is 0 Å². The van der Waals surface area contributed by atoms with Gasteiger partial charge in [-0.15, -0.1) is 0 Å². The predicted molar refractivity (Wildman–Crippen MR) is 144 cm³/mol. The Hall–Kier alpha value is -2.71. The molecule has 2 unspecified atom stereocenters. The summed E-state index contributed by atoms with van der Waals surface area (Å²) >= 11 is -2.47.